The van der Waals surface area contributed by atoms with E-state index in [-0.39, 0.29) is 0 Å². The van der Waals surface area contributed by atoms with Crippen molar-refractivity contribution in [3.63, 3.8) is 0 Å². The molecule has 4 rings (SSSR count). The van der Waals surface area contributed by atoms with Gasteiger partial charge in [0, 0.05) is 11.1 Å². The summed E-state index contributed by atoms with van der Waals surface area (Å²) in [5.74, 6) is 3.33. The molecule has 21 heavy (non-hydrogen) atoms. The largest absolute Gasteiger partial charge is 0.454 e. The van der Waals surface area contributed by atoms with Gasteiger partial charge in [0.25, 0.3) is 0 Å². The lowest BCUT2D eigenvalue weighted by Gasteiger charge is -2.04. The van der Waals surface area contributed by atoms with E-state index in [9.17, 15) is 0 Å². The Balaban J connectivity index is 1.37. The molecule has 0 saturated carbocycles. The van der Waals surface area contributed by atoms with Gasteiger partial charge in [0.2, 0.25) is 13.6 Å². The summed E-state index contributed by atoms with van der Waals surface area (Å²) in [5, 5.41) is 2.25. The minimum Gasteiger partial charge on any atom is -0.454 e. The highest BCUT2D eigenvalue weighted by molar-refractivity contribution is 5.45. The smallest absolute Gasteiger partial charge is 0.231 e. The predicted molar refractivity (Wildman–Crippen MR) is 74.5 cm³/mol. The van der Waals surface area contributed by atoms with Crippen LogP contribution in [0, 0.1) is 0 Å². The van der Waals surface area contributed by atoms with Crippen molar-refractivity contribution in [3.05, 3.63) is 47.5 Å². The molecule has 0 aliphatic carbocycles. The van der Waals surface area contributed by atoms with Crippen molar-refractivity contribution in [2.24, 2.45) is 0 Å². The minimum atomic E-state index is 0.319. The molecule has 2 aliphatic rings. The Bertz CT molecular complexity index is 614. The standard InChI is InChI=1S/C16H15NO4/c1-3-13-15(20-9-18-13)5-11(1)7-17-8-12-2-4-14-16(6-12)21-10-19-14/h1-6,17H,7-10H2/p+1. The molecule has 0 bridgehead atoms. The third kappa shape index (κ3) is 2.48. The Morgan fingerprint density at radius 2 is 1.14 bits per heavy atom. The number of rotatable bonds is 4. The van der Waals surface area contributed by atoms with Gasteiger partial charge in [-0.1, -0.05) is 0 Å². The third-order valence-electron chi connectivity index (χ3n) is 3.63. The fraction of sp³-hybridized carbons (Fsp3) is 0.250. The van der Waals surface area contributed by atoms with Crippen LogP contribution in [0.4, 0.5) is 0 Å². The highest BCUT2D eigenvalue weighted by Gasteiger charge is 2.15. The molecule has 0 unspecified atom stereocenters. The number of quaternary nitrogens is 1. The summed E-state index contributed by atoms with van der Waals surface area (Å²) in [6.07, 6.45) is 0. The van der Waals surface area contributed by atoms with Crippen molar-refractivity contribution in [3.8, 4) is 23.0 Å². The van der Waals surface area contributed by atoms with E-state index in [0.29, 0.717) is 13.6 Å². The molecule has 0 atom stereocenters. The average molecular weight is 286 g/mol. The molecule has 2 N–H and O–H groups in total. The van der Waals surface area contributed by atoms with E-state index in [1.807, 2.05) is 24.3 Å². The number of benzene rings is 2. The molecule has 5 nitrogen and oxygen atoms in total. The molecule has 108 valence electrons. The topological polar surface area (TPSA) is 53.5 Å². The first kappa shape index (κ1) is 12.3. The SMILES string of the molecule is c1cc2c(cc1C[NH2+]Cc1ccc3c(c1)OCO3)OCO2. The first-order valence-electron chi connectivity index (χ1n) is 6.97. The van der Waals surface area contributed by atoms with Gasteiger partial charge in [0.1, 0.15) is 13.1 Å². The Morgan fingerprint density at radius 3 is 1.67 bits per heavy atom. The second kappa shape index (κ2) is 5.18. The van der Waals surface area contributed by atoms with E-state index in [4.69, 9.17) is 18.9 Å². The molecule has 2 aromatic carbocycles. The Hall–Kier alpha value is -2.40. The van der Waals surface area contributed by atoms with Crippen molar-refractivity contribution in [2.45, 2.75) is 13.1 Å². The summed E-state index contributed by atoms with van der Waals surface area (Å²) in [6.45, 7) is 2.43. The molecular weight excluding hydrogens is 270 g/mol. The summed E-state index contributed by atoms with van der Waals surface area (Å²) < 4.78 is 21.4. The monoisotopic (exact) mass is 286 g/mol. The van der Waals surface area contributed by atoms with Gasteiger partial charge in [0.15, 0.2) is 23.0 Å². The van der Waals surface area contributed by atoms with Crippen LogP contribution in [-0.2, 0) is 13.1 Å². The van der Waals surface area contributed by atoms with Gasteiger partial charge in [-0.15, -0.1) is 0 Å². The van der Waals surface area contributed by atoms with Crippen LogP contribution in [0.1, 0.15) is 11.1 Å². The number of nitrogens with two attached hydrogens (primary N) is 1. The molecule has 2 heterocycles. The molecule has 0 aromatic heterocycles. The number of hydrogen-bond acceptors (Lipinski definition) is 4. The first-order chi connectivity index (χ1) is 10.4. The average Bonchev–Trinajstić information content (AvgIpc) is 3.14. The Labute approximate surface area is 122 Å². The predicted octanol–water partition coefficient (Wildman–Crippen LogP) is 1.41. The van der Waals surface area contributed by atoms with Gasteiger partial charge in [-0.25, -0.2) is 0 Å². The maximum absolute atomic E-state index is 5.39. The van der Waals surface area contributed by atoms with Crippen molar-refractivity contribution < 1.29 is 24.3 Å². The highest BCUT2D eigenvalue weighted by Crippen LogP contribution is 2.33. The van der Waals surface area contributed by atoms with Crippen LogP contribution in [0.3, 0.4) is 0 Å². The lowest BCUT2D eigenvalue weighted by atomic mass is 10.1. The van der Waals surface area contributed by atoms with Crippen LogP contribution >= 0.6 is 0 Å². The normalized spacial score (nSPS) is 14.5. The van der Waals surface area contributed by atoms with Crippen molar-refractivity contribution in [1.82, 2.24) is 0 Å². The molecule has 0 fully saturated rings. The van der Waals surface area contributed by atoms with E-state index in [1.54, 1.807) is 0 Å². The van der Waals surface area contributed by atoms with Crippen molar-refractivity contribution in [1.29, 1.82) is 0 Å². The molecule has 0 saturated heterocycles. The maximum Gasteiger partial charge on any atom is 0.231 e. The Morgan fingerprint density at radius 1 is 0.667 bits per heavy atom. The van der Waals surface area contributed by atoms with Crippen LogP contribution < -0.4 is 24.3 Å². The number of hydrogen-bond donors (Lipinski definition) is 1. The van der Waals surface area contributed by atoms with Gasteiger partial charge in [-0.05, 0) is 36.4 Å². The van der Waals surface area contributed by atoms with Crippen LogP contribution in [0.15, 0.2) is 36.4 Å². The molecule has 2 aromatic rings. The van der Waals surface area contributed by atoms with Crippen LogP contribution in [0.5, 0.6) is 23.0 Å². The van der Waals surface area contributed by atoms with Crippen molar-refractivity contribution >= 4 is 0 Å². The fourth-order valence-electron chi connectivity index (χ4n) is 2.54. The summed E-state index contributed by atoms with van der Waals surface area (Å²) in [7, 11) is 0. The summed E-state index contributed by atoms with van der Waals surface area (Å²) in [4.78, 5) is 0. The molecule has 0 amide bonds. The van der Waals surface area contributed by atoms with E-state index in [1.165, 1.54) is 11.1 Å². The fourth-order valence-corrected chi connectivity index (χ4v) is 2.54. The maximum atomic E-state index is 5.39. The lowest BCUT2D eigenvalue weighted by Crippen LogP contribution is -2.80. The molecule has 2 aliphatic heterocycles. The van der Waals surface area contributed by atoms with Crippen LogP contribution in [-0.4, -0.2) is 13.6 Å². The lowest BCUT2D eigenvalue weighted by molar-refractivity contribution is -0.686. The second-order valence-electron chi connectivity index (χ2n) is 5.07. The quantitative estimate of drug-likeness (QED) is 0.923. The third-order valence-corrected chi connectivity index (χ3v) is 3.63. The van der Waals surface area contributed by atoms with Crippen molar-refractivity contribution in [2.75, 3.05) is 13.6 Å². The number of fused-ring (bicyclic) bond motifs is 2. The van der Waals surface area contributed by atoms with E-state index < -0.39 is 0 Å². The van der Waals surface area contributed by atoms with Gasteiger partial charge in [-0.3, -0.25) is 0 Å². The van der Waals surface area contributed by atoms with Crippen LogP contribution in [0.25, 0.3) is 0 Å². The highest BCUT2D eigenvalue weighted by atomic mass is 16.7. The summed E-state index contributed by atoms with van der Waals surface area (Å²) >= 11 is 0. The molecule has 0 radical (unpaired) electrons. The first-order valence-corrected chi connectivity index (χ1v) is 6.97. The van der Waals surface area contributed by atoms with Gasteiger partial charge < -0.3 is 24.3 Å². The zero-order chi connectivity index (χ0) is 14.1. The molecule has 0 spiro atoms. The van der Waals surface area contributed by atoms with E-state index in [0.717, 1.165) is 36.1 Å². The van der Waals surface area contributed by atoms with E-state index in [2.05, 4.69) is 17.4 Å². The number of ether oxygens (including phenoxy) is 4. The minimum absolute atomic E-state index is 0.319. The molecular formula is C16H16NO4+. The van der Waals surface area contributed by atoms with Gasteiger partial charge in [0.05, 0.1) is 0 Å². The van der Waals surface area contributed by atoms with Gasteiger partial charge >= 0.3 is 0 Å². The molecule has 5 heteroatoms. The summed E-state index contributed by atoms with van der Waals surface area (Å²) in [6, 6.07) is 12.2. The summed E-state index contributed by atoms with van der Waals surface area (Å²) in [5.41, 5.74) is 2.44. The zero-order valence-electron chi connectivity index (χ0n) is 11.5. The zero-order valence-corrected chi connectivity index (χ0v) is 11.5. The van der Waals surface area contributed by atoms with E-state index >= 15 is 0 Å². The van der Waals surface area contributed by atoms with Gasteiger partial charge in [-0.2, -0.15) is 0 Å². The second-order valence-corrected chi connectivity index (χ2v) is 5.07. The Kier molecular flexibility index (Phi) is 3.05. The van der Waals surface area contributed by atoms with Crippen LogP contribution in [0.2, 0.25) is 0 Å².